The van der Waals surface area contributed by atoms with Crippen molar-refractivity contribution in [2.24, 2.45) is 11.7 Å². The van der Waals surface area contributed by atoms with Gasteiger partial charge >= 0.3 is 0 Å². The second-order valence-electron chi connectivity index (χ2n) is 4.53. The summed E-state index contributed by atoms with van der Waals surface area (Å²) in [6, 6.07) is 5.01. The Morgan fingerprint density at radius 1 is 1.45 bits per heavy atom. The van der Waals surface area contributed by atoms with Crippen LogP contribution >= 0.6 is 11.3 Å². The number of aromatic nitrogens is 3. The highest BCUT2D eigenvalue weighted by molar-refractivity contribution is 7.18. The van der Waals surface area contributed by atoms with Gasteiger partial charge in [0.25, 0.3) is 0 Å². The van der Waals surface area contributed by atoms with E-state index in [-0.39, 0.29) is 11.8 Å². The highest BCUT2D eigenvalue weighted by Crippen LogP contribution is 2.24. The van der Waals surface area contributed by atoms with Crippen LogP contribution in [0.5, 0.6) is 0 Å². The summed E-state index contributed by atoms with van der Waals surface area (Å²) < 4.78 is 0. The molecular weight excluding hydrogens is 274 g/mol. The summed E-state index contributed by atoms with van der Waals surface area (Å²) in [5, 5.41) is 11.8. The van der Waals surface area contributed by atoms with E-state index in [4.69, 9.17) is 5.73 Å². The van der Waals surface area contributed by atoms with Gasteiger partial charge in [-0.2, -0.15) is 0 Å². The molecule has 0 aromatic carbocycles. The van der Waals surface area contributed by atoms with Crippen LogP contribution in [0.2, 0.25) is 0 Å². The minimum absolute atomic E-state index is 0.123. The molecule has 0 aliphatic carbocycles. The van der Waals surface area contributed by atoms with Gasteiger partial charge in [0.15, 0.2) is 5.01 Å². The minimum Gasteiger partial charge on any atom is -0.320 e. The fourth-order valence-corrected chi connectivity index (χ4v) is 2.29. The monoisotopic (exact) mass is 291 g/mol. The molecule has 2 atom stereocenters. The lowest BCUT2D eigenvalue weighted by molar-refractivity contribution is -0.118. The number of nitrogens with two attached hydrogens (primary N) is 1. The maximum atomic E-state index is 11.9. The Bertz CT molecular complexity index is 571. The zero-order valence-corrected chi connectivity index (χ0v) is 12.2. The molecule has 0 fully saturated rings. The van der Waals surface area contributed by atoms with Gasteiger partial charge in [-0.15, -0.1) is 10.2 Å². The second-order valence-corrected chi connectivity index (χ2v) is 5.51. The molecule has 2 heterocycles. The Balaban J connectivity index is 2.05. The first kappa shape index (κ1) is 14.5. The van der Waals surface area contributed by atoms with Crippen molar-refractivity contribution in [3.8, 4) is 10.7 Å². The number of anilines is 1. The quantitative estimate of drug-likeness (QED) is 0.877. The van der Waals surface area contributed by atoms with Gasteiger partial charge in [0.2, 0.25) is 11.0 Å². The summed E-state index contributed by atoms with van der Waals surface area (Å²) in [6.45, 7) is 3.95. The van der Waals surface area contributed by atoms with Crippen molar-refractivity contribution in [3.63, 3.8) is 0 Å². The minimum atomic E-state index is -0.540. The Hall–Kier alpha value is -1.86. The SMILES string of the molecule is CCC(C)C(N)C(=O)Nc1nnc(-c2ccccn2)s1. The second kappa shape index (κ2) is 6.53. The molecule has 2 unspecified atom stereocenters. The van der Waals surface area contributed by atoms with Crippen LogP contribution in [0.25, 0.3) is 10.7 Å². The molecule has 0 bridgehead atoms. The highest BCUT2D eigenvalue weighted by Gasteiger charge is 2.20. The lowest BCUT2D eigenvalue weighted by Crippen LogP contribution is -2.40. The van der Waals surface area contributed by atoms with E-state index in [1.54, 1.807) is 6.20 Å². The van der Waals surface area contributed by atoms with Gasteiger partial charge in [0, 0.05) is 6.20 Å². The molecule has 1 amide bonds. The van der Waals surface area contributed by atoms with Gasteiger partial charge < -0.3 is 5.73 Å². The normalized spacial score (nSPS) is 13.8. The predicted molar refractivity (Wildman–Crippen MR) is 79.2 cm³/mol. The van der Waals surface area contributed by atoms with Crippen LogP contribution in [0, 0.1) is 5.92 Å². The number of nitrogens with zero attached hydrogens (tertiary/aromatic N) is 3. The maximum Gasteiger partial charge on any atom is 0.243 e. The molecule has 0 saturated carbocycles. The third-order valence-corrected chi connectivity index (χ3v) is 3.96. The molecule has 3 N–H and O–H groups in total. The molecule has 0 aliphatic heterocycles. The van der Waals surface area contributed by atoms with Crippen LogP contribution in [-0.4, -0.2) is 27.1 Å². The first-order chi connectivity index (χ1) is 9.61. The molecule has 106 valence electrons. The van der Waals surface area contributed by atoms with Crippen LogP contribution < -0.4 is 11.1 Å². The van der Waals surface area contributed by atoms with E-state index in [9.17, 15) is 4.79 Å². The number of pyridine rings is 1. The number of rotatable bonds is 5. The smallest absolute Gasteiger partial charge is 0.243 e. The van der Waals surface area contributed by atoms with Crippen molar-refractivity contribution in [2.45, 2.75) is 26.3 Å². The summed E-state index contributed by atoms with van der Waals surface area (Å²) in [6.07, 6.45) is 2.54. The van der Waals surface area contributed by atoms with E-state index in [2.05, 4.69) is 20.5 Å². The van der Waals surface area contributed by atoms with Crippen molar-refractivity contribution in [1.82, 2.24) is 15.2 Å². The van der Waals surface area contributed by atoms with Gasteiger partial charge in [0.05, 0.1) is 6.04 Å². The summed E-state index contributed by atoms with van der Waals surface area (Å²) in [4.78, 5) is 16.1. The van der Waals surface area contributed by atoms with Crippen LogP contribution in [-0.2, 0) is 4.79 Å². The third kappa shape index (κ3) is 3.37. The van der Waals surface area contributed by atoms with Crippen LogP contribution in [0.4, 0.5) is 5.13 Å². The molecule has 0 spiro atoms. The molecule has 0 saturated heterocycles. The Morgan fingerprint density at radius 3 is 2.90 bits per heavy atom. The van der Waals surface area contributed by atoms with Gasteiger partial charge in [0.1, 0.15) is 5.69 Å². The summed E-state index contributed by atoms with van der Waals surface area (Å²) in [5.41, 5.74) is 6.60. The van der Waals surface area contributed by atoms with Gasteiger partial charge in [-0.05, 0) is 18.1 Å². The van der Waals surface area contributed by atoms with E-state index in [0.717, 1.165) is 12.1 Å². The van der Waals surface area contributed by atoms with E-state index in [1.807, 2.05) is 32.0 Å². The number of hydrogen-bond donors (Lipinski definition) is 2. The third-order valence-electron chi connectivity index (χ3n) is 3.10. The molecule has 2 rings (SSSR count). The predicted octanol–water partition coefficient (Wildman–Crippen LogP) is 1.91. The average Bonchev–Trinajstić information content (AvgIpc) is 2.95. The lowest BCUT2D eigenvalue weighted by atomic mass is 10.00. The zero-order chi connectivity index (χ0) is 14.5. The number of amides is 1. The lowest BCUT2D eigenvalue weighted by Gasteiger charge is -2.16. The Morgan fingerprint density at radius 2 is 2.25 bits per heavy atom. The van der Waals surface area contributed by atoms with E-state index >= 15 is 0 Å². The molecule has 20 heavy (non-hydrogen) atoms. The molecule has 0 aliphatic rings. The molecule has 6 nitrogen and oxygen atoms in total. The van der Waals surface area contributed by atoms with Crippen LogP contribution in [0.15, 0.2) is 24.4 Å². The zero-order valence-electron chi connectivity index (χ0n) is 11.4. The fraction of sp³-hybridized carbons (Fsp3) is 0.385. The van der Waals surface area contributed by atoms with Crippen LogP contribution in [0.3, 0.4) is 0 Å². The number of nitrogens with one attached hydrogen (secondary N) is 1. The number of hydrogen-bond acceptors (Lipinski definition) is 6. The largest absolute Gasteiger partial charge is 0.320 e. The van der Waals surface area contributed by atoms with Crippen LogP contribution in [0.1, 0.15) is 20.3 Å². The van der Waals surface area contributed by atoms with Crippen molar-refractivity contribution >= 4 is 22.4 Å². The van der Waals surface area contributed by atoms with Crippen molar-refractivity contribution in [2.75, 3.05) is 5.32 Å². The fourth-order valence-electron chi connectivity index (χ4n) is 1.57. The van der Waals surface area contributed by atoms with E-state index in [0.29, 0.717) is 10.1 Å². The molecule has 2 aromatic rings. The Labute approximate surface area is 121 Å². The summed E-state index contributed by atoms with van der Waals surface area (Å²) >= 11 is 1.28. The maximum absolute atomic E-state index is 11.9. The van der Waals surface area contributed by atoms with Crippen molar-refractivity contribution in [3.05, 3.63) is 24.4 Å². The van der Waals surface area contributed by atoms with Gasteiger partial charge in [-0.1, -0.05) is 37.7 Å². The highest BCUT2D eigenvalue weighted by atomic mass is 32.1. The van der Waals surface area contributed by atoms with Crippen molar-refractivity contribution in [1.29, 1.82) is 0 Å². The number of carbonyl (C=O) groups excluding carboxylic acids is 1. The topological polar surface area (TPSA) is 93.8 Å². The molecule has 0 radical (unpaired) electrons. The Kier molecular flexibility index (Phi) is 4.75. The van der Waals surface area contributed by atoms with Gasteiger partial charge in [-0.25, -0.2) is 0 Å². The van der Waals surface area contributed by atoms with E-state index < -0.39 is 6.04 Å². The summed E-state index contributed by atoms with van der Waals surface area (Å²) in [5.74, 6) is -0.110. The molecular formula is C13H17N5OS. The summed E-state index contributed by atoms with van der Waals surface area (Å²) in [7, 11) is 0. The standard InChI is InChI=1S/C13H17N5OS/c1-3-8(2)10(14)11(19)16-13-18-17-12(20-13)9-6-4-5-7-15-9/h4-8,10H,3,14H2,1-2H3,(H,16,18,19). The average molecular weight is 291 g/mol. The van der Waals surface area contributed by atoms with Gasteiger partial charge in [-0.3, -0.25) is 15.1 Å². The van der Waals surface area contributed by atoms with Crippen molar-refractivity contribution < 1.29 is 4.79 Å². The molecule has 7 heteroatoms. The number of carbonyl (C=O) groups is 1. The first-order valence-corrected chi connectivity index (χ1v) is 7.24. The first-order valence-electron chi connectivity index (χ1n) is 6.43. The molecule has 2 aromatic heterocycles. The van der Waals surface area contributed by atoms with E-state index in [1.165, 1.54) is 11.3 Å².